The van der Waals surface area contributed by atoms with E-state index in [-0.39, 0.29) is 11.5 Å². The third-order valence-electron chi connectivity index (χ3n) is 2.76. The third-order valence-corrected chi connectivity index (χ3v) is 3.25. The van der Waals surface area contributed by atoms with Gasteiger partial charge in [-0.2, -0.15) is 0 Å². The minimum atomic E-state index is -1.19. The highest BCUT2D eigenvalue weighted by Crippen LogP contribution is 2.44. The van der Waals surface area contributed by atoms with Gasteiger partial charge in [0.05, 0.1) is 24.8 Å². The number of methoxy groups -OCH3 is 2. The molecule has 0 aliphatic heterocycles. The van der Waals surface area contributed by atoms with Crippen molar-refractivity contribution in [2.45, 2.75) is 6.92 Å². The van der Waals surface area contributed by atoms with E-state index >= 15 is 0 Å². The zero-order valence-corrected chi connectivity index (χ0v) is 11.8. The number of aromatic nitrogens is 1. The molecule has 106 valence electrons. The number of ether oxygens (including phenoxy) is 2. The second-order valence-corrected chi connectivity index (χ2v) is 4.38. The molecule has 0 aliphatic rings. The summed E-state index contributed by atoms with van der Waals surface area (Å²) in [6.45, 7) is 1.79. The van der Waals surface area contributed by atoms with Gasteiger partial charge in [0.15, 0.2) is 23.0 Å². The van der Waals surface area contributed by atoms with Crippen LogP contribution >= 0.6 is 11.6 Å². The van der Waals surface area contributed by atoms with Gasteiger partial charge in [0.25, 0.3) is 0 Å². The molecule has 1 aromatic heterocycles. The van der Waals surface area contributed by atoms with Crippen molar-refractivity contribution in [2.75, 3.05) is 14.2 Å². The Morgan fingerprint density at radius 1 is 1.35 bits per heavy atom. The topological polar surface area (TPSA) is 81.8 Å². The van der Waals surface area contributed by atoms with Crippen LogP contribution in [0.4, 0.5) is 0 Å². The summed E-state index contributed by atoms with van der Waals surface area (Å²) in [7, 11) is 2.96. The fourth-order valence-corrected chi connectivity index (χ4v) is 2.05. The molecule has 0 spiro atoms. The lowest BCUT2D eigenvalue weighted by molar-refractivity contribution is 0.0686. The first-order chi connectivity index (χ1) is 9.49. The number of carboxylic acid groups (broad SMARTS) is 1. The zero-order valence-electron chi connectivity index (χ0n) is 11.1. The fraction of sp³-hybridized carbons (Fsp3) is 0.231. The molecule has 0 radical (unpaired) electrons. The lowest BCUT2D eigenvalue weighted by atomic mass is 10.1. The quantitative estimate of drug-likeness (QED) is 0.934. The largest absolute Gasteiger partial charge is 0.493 e. The van der Waals surface area contributed by atoms with Gasteiger partial charge < -0.3 is 19.1 Å². The molecule has 0 aliphatic carbocycles. The number of benzene rings is 1. The van der Waals surface area contributed by atoms with Crippen LogP contribution in [0.5, 0.6) is 11.5 Å². The van der Waals surface area contributed by atoms with Gasteiger partial charge in [0.1, 0.15) is 0 Å². The number of aromatic carboxylic acids is 1. The van der Waals surface area contributed by atoms with Gasteiger partial charge in [-0.3, -0.25) is 0 Å². The molecule has 0 amide bonds. The zero-order chi connectivity index (χ0) is 14.9. The molecule has 7 heteroatoms. The standard InChI is InChI=1S/C13H12ClNO5/c1-6-4-9(18-2)12(19-3)10(11(6)14)8-5-7(13(16)17)15-20-8/h4-5H,1-3H3,(H,16,17). The number of carboxylic acids is 1. The van der Waals surface area contributed by atoms with Crippen LogP contribution in [0, 0.1) is 6.92 Å². The van der Waals surface area contributed by atoms with Crippen molar-refractivity contribution in [1.82, 2.24) is 5.16 Å². The van der Waals surface area contributed by atoms with Crippen LogP contribution in [0.25, 0.3) is 11.3 Å². The number of hydrogen-bond acceptors (Lipinski definition) is 5. The maximum Gasteiger partial charge on any atom is 0.358 e. The molecule has 0 bridgehead atoms. The van der Waals surface area contributed by atoms with Gasteiger partial charge in [0, 0.05) is 6.07 Å². The lowest BCUT2D eigenvalue weighted by Crippen LogP contribution is -1.96. The van der Waals surface area contributed by atoms with Crippen molar-refractivity contribution in [3.63, 3.8) is 0 Å². The summed E-state index contributed by atoms with van der Waals surface area (Å²) >= 11 is 6.26. The highest BCUT2D eigenvalue weighted by atomic mass is 35.5. The van der Waals surface area contributed by atoms with Crippen molar-refractivity contribution in [1.29, 1.82) is 0 Å². The third kappa shape index (κ3) is 2.30. The first-order valence-corrected chi connectivity index (χ1v) is 5.98. The SMILES string of the molecule is COc1cc(C)c(Cl)c(-c2cc(C(=O)O)no2)c1OC. The summed E-state index contributed by atoms with van der Waals surface area (Å²) in [6, 6.07) is 3.00. The monoisotopic (exact) mass is 297 g/mol. The van der Waals surface area contributed by atoms with E-state index in [9.17, 15) is 4.79 Å². The summed E-state index contributed by atoms with van der Waals surface area (Å²) < 4.78 is 15.5. The summed E-state index contributed by atoms with van der Waals surface area (Å²) in [5.74, 6) is -0.158. The lowest BCUT2D eigenvalue weighted by Gasteiger charge is -2.14. The Bertz CT molecular complexity index is 665. The Hall–Kier alpha value is -2.21. The number of aryl methyl sites for hydroxylation is 1. The van der Waals surface area contributed by atoms with Crippen LogP contribution in [0.1, 0.15) is 16.1 Å². The Morgan fingerprint density at radius 2 is 2.05 bits per heavy atom. The second kappa shape index (κ2) is 5.42. The molecule has 6 nitrogen and oxygen atoms in total. The van der Waals surface area contributed by atoms with Crippen LogP contribution in [-0.4, -0.2) is 30.5 Å². The minimum Gasteiger partial charge on any atom is -0.493 e. The molecule has 0 fully saturated rings. The predicted molar refractivity (Wildman–Crippen MR) is 71.7 cm³/mol. The fourth-order valence-electron chi connectivity index (χ4n) is 1.81. The van der Waals surface area contributed by atoms with E-state index in [1.807, 2.05) is 0 Å². The minimum absolute atomic E-state index is 0.200. The maximum atomic E-state index is 10.9. The molecule has 1 heterocycles. The van der Waals surface area contributed by atoms with Crippen LogP contribution in [0.3, 0.4) is 0 Å². The molecule has 2 aromatic rings. The van der Waals surface area contributed by atoms with E-state index in [4.69, 9.17) is 30.7 Å². The molecule has 0 unspecified atom stereocenters. The molecule has 0 atom stereocenters. The van der Waals surface area contributed by atoms with Crippen molar-refractivity contribution < 1.29 is 23.9 Å². The van der Waals surface area contributed by atoms with E-state index < -0.39 is 5.97 Å². The first kappa shape index (κ1) is 14.2. The van der Waals surface area contributed by atoms with Crippen LogP contribution in [-0.2, 0) is 0 Å². The highest BCUT2D eigenvalue weighted by molar-refractivity contribution is 6.34. The molecule has 2 rings (SSSR count). The normalized spacial score (nSPS) is 10.4. The molecule has 20 heavy (non-hydrogen) atoms. The Morgan fingerprint density at radius 3 is 2.55 bits per heavy atom. The molecule has 1 aromatic carbocycles. The van der Waals surface area contributed by atoms with Crippen LogP contribution in [0.2, 0.25) is 5.02 Å². The molecular weight excluding hydrogens is 286 g/mol. The van der Waals surface area contributed by atoms with Gasteiger partial charge in [-0.15, -0.1) is 0 Å². The molecule has 0 saturated carbocycles. The van der Waals surface area contributed by atoms with E-state index in [1.54, 1.807) is 13.0 Å². The Balaban J connectivity index is 2.70. The molecule has 1 N–H and O–H groups in total. The average molecular weight is 298 g/mol. The van der Waals surface area contributed by atoms with E-state index in [0.717, 1.165) is 5.56 Å². The number of carbonyl (C=O) groups is 1. The maximum absolute atomic E-state index is 10.9. The van der Waals surface area contributed by atoms with Gasteiger partial charge in [-0.1, -0.05) is 16.8 Å². The van der Waals surface area contributed by atoms with Gasteiger partial charge in [-0.25, -0.2) is 4.79 Å². The number of rotatable bonds is 4. The van der Waals surface area contributed by atoms with Crippen molar-refractivity contribution >= 4 is 17.6 Å². The summed E-state index contributed by atoms with van der Waals surface area (Å²) in [4.78, 5) is 10.9. The van der Waals surface area contributed by atoms with E-state index in [1.165, 1.54) is 20.3 Å². The molecule has 0 saturated heterocycles. The number of halogens is 1. The van der Waals surface area contributed by atoms with Gasteiger partial charge in [0.2, 0.25) is 0 Å². The van der Waals surface area contributed by atoms with Crippen LogP contribution in [0.15, 0.2) is 16.7 Å². The smallest absolute Gasteiger partial charge is 0.358 e. The first-order valence-electron chi connectivity index (χ1n) is 5.61. The van der Waals surface area contributed by atoms with Gasteiger partial charge in [-0.05, 0) is 18.6 Å². The summed E-state index contributed by atoms with van der Waals surface area (Å²) in [5, 5.41) is 12.7. The second-order valence-electron chi connectivity index (χ2n) is 4.00. The Kier molecular flexibility index (Phi) is 3.85. The molecular formula is C13H12ClNO5. The highest BCUT2D eigenvalue weighted by Gasteiger charge is 2.23. The van der Waals surface area contributed by atoms with Gasteiger partial charge >= 0.3 is 5.97 Å². The summed E-state index contributed by atoms with van der Waals surface area (Å²) in [5.41, 5.74) is 0.942. The van der Waals surface area contributed by atoms with E-state index in [0.29, 0.717) is 22.1 Å². The predicted octanol–water partition coefficient (Wildman–Crippen LogP) is 3.02. The van der Waals surface area contributed by atoms with E-state index in [2.05, 4.69) is 5.16 Å². The van der Waals surface area contributed by atoms with Crippen molar-refractivity contribution in [3.05, 3.63) is 28.4 Å². The number of nitrogens with zero attached hydrogens (tertiary/aromatic N) is 1. The van der Waals surface area contributed by atoms with Crippen molar-refractivity contribution in [2.24, 2.45) is 0 Å². The average Bonchev–Trinajstić information content (AvgIpc) is 2.90. The van der Waals surface area contributed by atoms with Crippen molar-refractivity contribution in [3.8, 4) is 22.8 Å². The summed E-state index contributed by atoms with van der Waals surface area (Å²) in [6.07, 6.45) is 0. The number of hydrogen-bond donors (Lipinski definition) is 1. The van der Waals surface area contributed by atoms with Crippen LogP contribution < -0.4 is 9.47 Å². The Labute approximate surface area is 119 Å².